The van der Waals surface area contributed by atoms with Gasteiger partial charge in [-0.2, -0.15) is 10.1 Å². The van der Waals surface area contributed by atoms with Crippen molar-refractivity contribution in [3.05, 3.63) is 48.2 Å². The summed E-state index contributed by atoms with van der Waals surface area (Å²) in [5.41, 5.74) is 2.74. The predicted octanol–water partition coefficient (Wildman–Crippen LogP) is 3.99. The molecule has 0 atom stereocenters. The Hall–Kier alpha value is -3.16. The molecule has 2 aromatic heterocycles. The van der Waals surface area contributed by atoms with Gasteiger partial charge in [0.1, 0.15) is 0 Å². The van der Waals surface area contributed by atoms with Gasteiger partial charge in [-0.25, -0.2) is 4.79 Å². The normalized spacial score (nSPS) is 15.2. The minimum Gasteiger partial charge on any atom is -0.339 e. The van der Waals surface area contributed by atoms with Gasteiger partial charge >= 0.3 is 6.03 Å². The number of aromatic nitrogens is 4. The van der Waals surface area contributed by atoms with E-state index in [1.165, 1.54) is 0 Å². The second-order valence-electron chi connectivity index (χ2n) is 7.38. The van der Waals surface area contributed by atoms with E-state index in [0.717, 1.165) is 35.6 Å². The first-order valence-electron chi connectivity index (χ1n) is 9.59. The molecule has 0 saturated carbocycles. The molecule has 146 valence electrons. The Balaban J connectivity index is 1.31. The van der Waals surface area contributed by atoms with Crippen molar-refractivity contribution in [3.8, 4) is 11.3 Å². The topological polar surface area (TPSA) is 99.9 Å². The van der Waals surface area contributed by atoms with Crippen molar-refractivity contribution in [2.24, 2.45) is 0 Å². The molecule has 2 amide bonds. The van der Waals surface area contributed by atoms with Gasteiger partial charge in [-0.3, -0.25) is 5.10 Å². The number of aromatic amines is 1. The number of nitrogens with zero attached hydrogens (tertiary/aromatic N) is 4. The van der Waals surface area contributed by atoms with Crippen molar-refractivity contribution in [2.45, 2.75) is 38.5 Å². The van der Waals surface area contributed by atoms with Gasteiger partial charge in [-0.05, 0) is 36.6 Å². The number of piperidine rings is 1. The van der Waals surface area contributed by atoms with Crippen molar-refractivity contribution >= 4 is 11.7 Å². The van der Waals surface area contributed by atoms with Crippen LogP contribution in [-0.2, 0) is 0 Å². The lowest BCUT2D eigenvalue weighted by atomic mass is 9.96. The first-order valence-corrected chi connectivity index (χ1v) is 9.59. The third-order valence-electron chi connectivity index (χ3n) is 5.05. The zero-order chi connectivity index (χ0) is 19.5. The molecule has 8 nitrogen and oxygen atoms in total. The molecule has 3 heterocycles. The molecule has 4 rings (SSSR count). The second-order valence-corrected chi connectivity index (χ2v) is 7.38. The molecule has 1 aromatic carbocycles. The summed E-state index contributed by atoms with van der Waals surface area (Å²) < 4.78 is 5.31. The fraction of sp³-hybridized carbons (Fsp3) is 0.400. The van der Waals surface area contributed by atoms with Crippen LogP contribution in [0.1, 0.15) is 50.2 Å². The maximum absolute atomic E-state index is 12.6. The number of benzene rings is 1. The highest BCUT2D eigenvalue weighted by atomic mass is 16.5. The minimum absolute atomic E-state index is 0.0799. The number of likely N-dealkylation sites (tertiary alicyclic amines) is 1. The first kappa shape index (κ1) is 18.2. The molecule has 1 fully saturated rings. The number of anilines is 1. The van der Waals surface area contributed by atoms with Crippen LogP contribution in [0, 0.1) is 0 Å². The Bertz CT molecular complexity index is 909. The van der Waals surface area contributed by atoms with Gasteiger partial charge in [-0.15, -0.1) is 0 Å². The zero-order valence-corrected chi connectivity index (χ0v) is 16.1. The van der Waals surface area contributed by atoms with Crippen LogP contribution in [0.4, 0.5) is 10.5 Å². The van der Waals surface area contributed by atoms with Gasteiger partial charge in [-0.1, -0.05) is 31.1 Å². The Morgan fingerprint density at radius 2 is 1.96 bits per heavy atom. The van der Waals surface area contributed by atoms with Crippen LogP contribution in [0.2, 0.25) is 0 Å². The zero-order valence-electron chi connectivity index (χ0n) is 16.1. The predicted molar refractivity (Wildman–Crippen MR) is 105 cm³/mol. The summed E-state index contributed by atoms with van der Waals surface area (Å²) in [5.74, 6) is 1.91. The van der Waals surface area contributed by atoms with E-state index < -0.39 is 0 Å². The quantitative estimate of drug-likeness (QED) is 0.713. The maximum Gasteiger partial charge on any atom is 0.321 e. The van der Waals surface area contributed by atoms with Gasteiger partial charge in [0.15, 0.2) is 5.82 Å². The van der Waals surface area contributed by atoms with Crippen molar-refractivity contribution in [2.75, 3.05) is 18.4 Å². The number of carbonyl (C=O) groups is 1. The van der Waals surface area contributed by atoms with Crippen LogP contribution in [0.5, 0.6) is 0 Å². The van der Waals surface area contributed by atoms with Crippen molar-refractivity contribution in [1.82, 2.24) is 25.2 Å². The van der Waals surface area contributed by atoms with Gasteiger partial charge < -0.3 is 14.7 Å². The number of hydrogen-bond acceptors (Lipinski definition) is 5. The number of H-pyrrole nitrogens is 1. The molecule has 1 aliphatic heterocycles. The Kier molecular flexibility index (Phi) is 5.10. The molecule has 0 radical (unpaired) electrons. The van der Waals surface area contributed by atoms with Gasteiger partial charge in [0, 0.05) is 36.8 Å². The summed E-state index contributed by atoms with van der Waals surface area (Å²) >= 11 is 0. The van der Waals surface area contributed by atoms with Gasteiger partial charge in [0.05, 0.1) is 5.69 Å². The number of carbonyl (C=O) groups excluding carboxylic acids is 1. The van der Waals surface area contributed by atoms with E-state index in [1.807, 2.05) is 49.1 Å². The molecule has 1 saturated heterocycles. The van der Waals surface area contributed by atoms with E-state index in [-0.39, 0.29) is 17.9 Å². The lowest BCUT2D eigenvalue weighted by Gasteiger charge is -2.30. The molecule has 8 heteroatoms. The summed E-state index contributed by atoms with van der Waals surface area (Å²) in [6.07, 6.45) is 3.39. The minimum atomic E-state index is -0.0799. The number of urea groups is 1. The van der Waals surface area contributed by atoms with Crippen LogP contribution in [0.25, 0.3) is 11.3 Å². The lowest BCUT2D eigenvalue weighted by Crippen LogP contribution is -2.40. The second kappa shape index (κ2) is 7.84. The van der Waals surface area contributed by atoms with E-state index >= 15 is 0 Å². The number of nitrogens with one attached hydrogen (secondary N) is 2. The molecular weight excluding hydrogens is 356 g/mol. The largest absolute Gasteiger partial charge is 0.339 e. The van der Waals surface area contributed by atoms with Crippen LogP contribution in [-0.4, -0.2) is 44.4 Å². The third-order valence-corrected chi connectivity index (χ3v) is 5.05. The molecular formula is C20H24N6O2. The van der Waals surface area contributed by atoms with Crippen LogP contribution >= 0.6 is 0 Å². The molecule has 0 bridgehead atoms. The lowest BCUT2D eigenvalue weighted by molar-refractivity contribution is 0.193. The molecule has 1 aliphatic rings. The molecule has 0 unspecified atom stereocenters. The third kappa shape index (κ3) is 3.90. The van der Waals surface area contributed by atoms with Crippen molar-refractivity contribution < 1.29 is 9.32 Å². The highest BCUT2D eigenvalue weighted by Gasteiger charge is 2.27. The van der Waals surface area contributed by atoms with Crippen molar-refractivity contribution in [3.63, 3.8) is 0 Å². The highest BCUT2D eigenvalue weighted by Crippen LogP contribution is 2.27. The summed E-state index contributed by atoms with van der Waals surface area (Å²) in [5, 5.41) is 14.0. The molecule has 2 N–H and O–H groups in total. The molecule has 0 aliphatic carbocycles. The SMILES string of the molecule is CC(C)c1nc(C2CCN(C(=O)Nc3ccc(-c4ccn[nH]4)cc3)CC2)no1. The van der Waals surface area contributed by atoms with Crippen molar-refractivity contribution in [1.29, 1.82) is 0 Å². The smallest absolute Gasteiger partial charge is 0.321 e. The Morgan fingerprint density at radius 3 is 2.57 bits per heavy atom. The van der Waals surface area contributed by atoms with E-state index in [1.54, 1.807) is 6.20 Å². The highest BCUT2D eigenvalue weighted by molar-refractivity contribution is 5.89. The Labute approximate surface area is 163 Å². The van der Waals surface area contributed by atoms with Gasteiger partial charge in [0.25, 0.3) is 0 Å². The van der Waals surface area contributed by atoms with E-state index in [4.69, 9.17) is 4.52 Å². The molecule has 28 heavy (non-hydrogen) atoms. The fourth-order valence-electron chi connectivity index (χ4n) is 3.34. The van der Waals surface area contributed by atoms with E-state index in [0.29, 0.717) is 19.0 Å². The van der Waals surface area contributed by atoms with Gasteiger partial charge in [0.2, 0.25) is 5.89 Å². The summed E-state index contributed by atoms with van der Waals surface area (Å²) in [7, 11) is 0. The van der Waals surface area contributed by atoms with E-state index in [2.05, 4.69) is 25.7 Å². The first-order chi connectivity index (χ1) is 13.6. The average Bonchev–Trinajstić information content (AvgIpc) is 3.41. The average molecular weight is 380 g/mol. The van der Waals surface area contributed by atoms with E-state index in [9.17, 15) is 4.79 Å². The fourth-order valence-corrected chi connectivity index (χ4v) is 3.34. The maximum atomic E-state index is 12.6. The summed E-state index contributed by atoms with van der Waals surface area (Å²) in [4.78, 5) is 18.9. The van der Waals surface area contributed by atoms with Crippen LogP contribution in [0.15, 0.2) is 41.1 Å². The van der Waals surface area contributed by atoms with Crippen LogP contribution in [0.3, 0.4) is 0 Å². The molecule has 3 aromatic rings. The number of hydrogen-bond donors (Lipinski definition) is 2. The molecule has 0 spiro atoms. The summed E-state index contributed by atoms with van der Waals surface area (Å²) in [6.45, 7) is 5.42. The standard InChI is InChI=1S/C20H24N6O2/c1-13(2)19-23-18(25-28-19)15-8-11-26(12-9-15)20(27)22-16-5-3-14(4-6-16)17-7-10-21-24-17/h3-7,10,13,15H,8-9,11-12H2,1-2H3,(H,21,24)(H,22,27). The van der Waals surface area contributed by atoms with Crippen LogP contribution < -0.4 is 5.32 Å². The number of amides is 2. The Morgan fingerprint density at radius 1 is 1.21 bits per heavy atom. The monoisotopic (exact) mass is 380 g/mol. The summed E-state index contributed by atoms with van der Waals surface area (Å²) in [6, 6.07) is 9.53. The number of rotatable bonds is 4.